The van der Waals surface area contributed by atoms with Gasteiger partial charge < -0.3 is 9.64 Å². The second-order valence-electron chi connectivity index (χ2n) is 6.48. The Kier molecular flexibility index (Phi) is 3.49. The number of nitrogens with zero attached hydrogens (tertiary/aromatic N) is 3. The highest BCUT2D eigenvalue weighted by molar-refractivity contribution is 5.62. The van der Waals surface area contributed by atoms with E-state index in [-0.39, 0.29) is 16.2 Å². The molecule has 1 fully saturated rings. The van der Waals surface area contributed by atoms with Crippen LogP contribution in [0, 0.1) is 17.0 Å². The van der Waals surface area contributed by atoms with Crippen LogP contribution >= 0.6 is 0 Å². The highest BCUT2D eigenvalue weighted by Gasteiger charge is 2.44. The number of benzene rings is 1. The molecule has 1 aliphatic heterocycles. The zero-order chi connectivity index (χ0) is 16.7. The largest absolute Gasteiger partial charge is 0.367 e. The maximum atomic E-state index is 11.5. The summed E-state index contributed by atoms with van der Waals surface area (Å²) < 4.78 is 6.20. The number of hydrogen-bond acceptors (Lipinski definition) is 5. The number of aryl methyl sites for hydroxylation is 2. The van der Waals surface area contributed by atoms with Crippen molar-refractivity contribution in [3.8, 4) is 0 Å². The first-order chi connectivity index (χ1) is 11.6. The van der Waals surface area contributed by atoms with E-state index in [0.29, 0.717) is 31.1 Å². The third kappa shape index (κ3) is 2.26. The Labute approximate surface area is 140 Å². The third-order valence-corrected chi connectivity index (χ3v) is 5.08. The third-order valence-electron chi connectivity index (χ3n) is 5.08. The smallest absolute Gasteiger partial charge is 0.314 e. The van der Waals surface area contributed by atoms with Crippen molar-refractivity contribution in [2.24, 2.45) is 0 Å². The van der Waals surface area contributed by atoms with Gasteiger partial charge >= 0.3 is 5.69 Å². The first kappa shape index (κ1) is 15.1. The second kappa shape index (κ2) is 5.56. The fourth-order valence-electron chi connectivity index (χ4n) is 3.93. The number of aromatic nitrogens is 1. The summed E-state index contributed by atoms with van der Waals surface area (Å²) in [7, 11) is 0. The van der Waals surface area contributed by atoms with Crippen LogP contribution in [0.25, 0.3) is 0 Å². The summed E-state index contributed by atoms with van der Waals surface area (Å²) in [5.41, 5.74) is 2.88. The van der Waals surface area contributed by atoms with Gasteiger partial charge in [-0.1, -0.05) is 24.3 Å². The van der Waals surface area contributed by atoms with Crippen LogP contribution in [0.5, 0.6) is 0 Å². The molecule has 1 aliphatic carbocycles. The van der Waals surface area contributed by atoms with Crippen LogP contribution in [0.3, 0.4) is 0 Å². The minimum Gasteiger partial charge on any atom is -0.367 e. The average Bonchev–Trinajstić information content (AvgIpc) is 2.93. The van der Waals surface area contributed by atoms with Gasteiger partial charge in [-0.15, -0.1) is 0 Å². The molecule has 6 heteroatoms. The predicted octanol–water partition coefficient (Wildman–Crippen LogP) is 2.98. The molecule has 6 nitrogen and oxygen atoms in total. The van der Waals surface area contributed by atoms with Crippen molar-refractivity contribution in [1.82, 2.24) is 4.98 Å². The molecule has 1 saturated heterocycles. The first-order valence-electron chi connectivity index (χ1n) is 8.18. The van der Waals surface area contributed by atoms with Gasteiger partial charge in [-0.25, -0.2) is 4.98 Å². The minimum absolute atomic E-state index is 0.0980. The Morgan fingerprint density at radius 2 is 2.17 bits per heavy atom. The van der Waals surface area contributed by atoms with Crippen molar-refractivity contribution >= 4 is 11.5 Å². The Morgan fingerprint density at radius 3 is 3.00 bits per heavy atom. The second-order valence-corrected chi connectivity index (χ2v) is 6.48. The van der Waals surface area contributed by atoms with Crippen molar-refractivity contribution in [2.45, 2.75) is 25.4 Å². The van der Waals surface area contributed by atoms with Crippen molar-refractivity contribution in [3.63, 3.8) is 0 Å². The highest BCUT2D eigenvalue weighted by Crippen LogP contribution is 2.43. The van der Waals surface area contributed by atoms with Crippen LogP contribution < -0.4 is 4.90 Å². The summed E-state index contributed by atoms with van der Waals surface area (Å²) >= 11 is 0. The van der Waals surface area contributed by atoms with Crippen LogP contribution in [0.15, 0.2) is 36.5 Å². The molecule has 0 radical (unpaired) electrons. The molecule has 1 atom stereocenters. The molecule has 2 heterocycles. The molecular formula is C18H19N3O3. The summed E-state index contributed by atoms with van der Waals surface area (Å²) in [6.45, 7) is 3.51. The van der Waals surface area contributed by atoms with E-state index >= 15 is 0 Å². The lowest BCUT2D eigenvalue weighted by Gasteiger charge is -2.41. The first-order valence-corrected chi connectivity index (χ1v) is 8.18. The van der Waals surface area contributed by atoms with Gasteiger partial charge in [0.25, 0.3) is 0 Å². The van der Waals surface area contributed by atoms with E-state index < -0.39 is 0 Å². The summed E-state index contributed by atoms with van der Waals surface area (Å²) in [4.78, 5) is 17.5. The molecule has 1 unspecified atom stereocenters. The SMILES string of the molecule is Cc1ccnc(N2CCOC3(CCc4ccccc43)C2)c1[N+](=O)[O-]. The van der Waals surface area contributed by atoms with Gasteiger partial charge in [0.2, 0.25) is 5.82 Å². The van der Waals surface area contributed by atoms with Crippen LogP contribution in [-0.4, -0.2) is 29.6 Å². The van der Waals surface area contributed by atoms with Crippen molar-refractivity contribution in [3.05, 3.63) is 63.3 Å². The minimum atomic E-state index is -0.381. The zero-order valence-electron chi connectivity index (χ0n) is 13.6. The van der Waals surface area contributed by atoms with Crippen molar-refractivity contribution in [1.29, 1.82) is 0 Å². The molecule has 1 aromatic carbocycles. The number of fused-ring (bicyclic) bond motifs is 2. The van der Waals surface area contributed by atoms with Gasteiger partial charge in [0, 0.05) is 18.3 Å². The van der Waals surface area contributed by atoms with E-state index in [0.717, 1.165) is 12.8 Å². The number of rotatable bonds is 2. The van der Waals surface area contributed by atoms with Crippen LogP contribution in [-0.2, 0) is 16.8 Å². The Hall–Kier alpha value is -2.47. The van der Waals surface area contributed by atoms with Gasteiger partial charge in [-0.2, -0.15) is 0 Å². The van der Waals surface area contributed by atoms with E-state index in [2.05, 4.69) is 17.1 Å². The van der Waals surface area contributed by atoms with Gasteiger partial charge in [0.05, 0.1) is 18.1 Å². The van der Waals surface area contributed by atoms with Crippen LogP contribution in [0.1, 0.15) is 23.1 Å². The van der Waals surface area contributed by atoms with Gasteiger partial charge in [-0.3, -0.25) is 10.1 Å². The molecule has 1 spiro atoms. The van der Waals surface area contributed by atoms with Gasteiger partial charge in [0.15, 0.2) is 0 Å². The fraction of sp³-hybridized carbons (Fsp3) is 0.389. The molecule has 0 bridgehead atoms. The summed E-state index contributed by atoms with van der Waals surface area (Å²) in [5, 5.41) is 11.5. The van der Waals surface area contributed by atoms with E-state index in [1.54, 1.807) is 19.2 Å². The Morgan fingerprint density at radius 1 is 1.33 bits per heavy atom. The zero-order valence-corrected chi connectivity index (χ0v) is 13.6. The lowest BCUT2D eigenvalue weighted by atomic mass is 9.93. The van der Waals surface area contributed by atoms with E-state index in [1.807, 2.05) is 17.0 Å². The lowest BCUT2D eigenvalue weighted by Crippen LogP contribution is -2.49. The molecule has 1 aromatic heterocycles. The Bertz CT molecular complexity index is 804. The summed E-state index contributed by atoms with van der Waals surface area (Å²) in [6.07, 6.45) is 3.53. The molecule has 124 valence electrons. The van der Waals surface area contributed by atoms with Crippen LogP contribution in [0.2, 0.25) is 0 Å². The number of hydrogen-bond donors (Lipinski definition) is 0. The van der Waals surface area contributed by atoms with E-state index in [1.165, 1.54) is 11.1 Å². The van der Waals surface area contributed by atoms with Gasteiger partial charge in [0.1, 0.15) is 5.60 Å². The number of ether oxygens (including phenoxy) is 1. The monoisotopic (exact) mass is 325 g/mol. The molecule has 0 saturated carbocycles. The molecular weight excluding hydrogens is 306 g/mol. The molecule has 4 rings (SSSR count). The number of anilines is 1. The van der Waals surface area contributed by atoms with Crippen LogP contribution in [0.4, 0.5) is 11.5 Å². The predicted molar refractivity (Wildman–Crippen MR) is 90.2 cm³/mol. The summed E-state index contributed by atoms with van der Waals surface area (Å²) in [6, 6.07) is 10.0. The molecule has 0 amide bonds. The Balaban J connectivity index is 1.73. The van der Waals surface area contributed by atoms with Crippen molar-refractivity contribution < 1.29 is 9.66 Å². The average molecular weight is 325 g/mol. The highest BCUT2D eigenvalue weighted by atomic mass is 16.6. The van der Waals surface area contributed by atoms with E-state index in [9.17, 15) is 10.1 Å². The fourth-order valence-corrected chi connectivity index (χ4v) is 3.93. The number of pyridine rings is 1. The standard InChI is InChI=1S/C18H19N3O3/c1-13-7-9-19-17(16(13)21(22)23)20-10-11-24-18(12-20)8-6-14-4-2-3-5-15(14)18/h2-5,7,9H,6,8,10-12H2,1H3. The maximum absolute atomic E-state index is 11.5. The molecule has 2 aromatic rings. The van der Waals surface area contributed by atoms with Crippen molar-refractivity contribution in [2.75, 3.05) is 24.6 Å². The summed E-state index contributed by atoms with van der Waals surface area (Å²) in [5.74, 6) is 0.451. The topological polar surface area (TPSA) is 68.5 Å². The van der Waals surface area contributed by atoms with Gasteiger partial charge in [-0.05, 0) is 37.0 Å². The lowest BCUT2D eigenvalue weighted by molar-refractivity contribution is -0.385. The maximum Gasteiger partial charge on any atom is 0.314 e. The number of nitro groups is 1. The molecule has 0 N–H and O–H groups in total. The van der Waals surface area contributed by atoms with E-state index in [4.69, 9.17) is 4.74 Å². The quantitative estimate of drug-likeness (QED) is 0.627. The normalized spacial score (nSPS) is 22.6. The molecule has 24 heavy (non-hydrogen) atoms. The number of morpholine rings is 1. The molecule has 2 aliphatic rings.